The Morgan fingerprint density at radius 1 is 1.09 bits per heavy atom. The highest BCUT2D eigenvalue weighted by atomic mass is 16.5. The van der Waals surface area contributed by atoms with Crippen molar-refractivity contribution >= 4 is 5.97 Å². The first kappa shape index (κ1) is 25.8. The number of aromatic nitrogens is 1. The monoisotopic (exact) mass is 470 g/mol. The van der Waals surface area contributed by atoms with Crippen LogP contribution in [0.1, 0.15) is 81.3 Å². The van der Waals surface area contributed by atoms with Crippen LogP contribution in [0, 0.1) is 5.41 Å². The maximum absolute atomic E-state index is 12.5. The number of fused-ring (bicyclic) bond motifs is 3. The molecule has 1 atom stereocenters. The Labute approximate surface area is 201 Å². The average Bonchev–Trinajstić information content (AvgIpc) is 2.78. The normalized spacial score (nSPS) is 14.9. The number of carboxylic acids is 1. The van der Waals surface area contributed by atoms with Crippen molar-refractivity contribution in [3.8, 4) is 22.8 Å². The van der Waals surface area contributed by atoms with Crippen LogP contribution in [-0.2, 0) is 6.42 Å². The van der Waals surface area contributed by atoms with Crippen molar-refractivity contribution in [1.82, 2.24) is 4.57 Å². The molecule has 0 spiro atoms. The molecule has 0 radical (unpaired) electrons. The quantitative estimate of drug-likeness (QED) is 0.446. The molecule has 0 amide bonds. The number of methoxy groups -OCH3 is 1. The Morgan fingerprint density at radius 2 is 1.76 bits per heavy atom. The van der Waals surface area contributed by atoms with E-state index < -0.39 is 11.4 Å². The molecular formula is C27H38N2O5. The summed E-state index contributed by atoms with van der Waals surface area (Å²) < 4.78 is 13.7. The Bertz CT molecular complexity index is 1070. The van der Waals surface area contributed by atoms with Gasteiger partial charge in [-0.1, -0.05) is 46.5 Å². The van der Waals surface area contributed by atoms with Crippen molar-refractivity contribution in [1.29, 1.82) is 0 Å². The first-order chi connectivity index (χ1) is 16.2. The lowest BCUT2D eigenvalue weighted by atomic mass is 9.78. The van der Waals surface area contributed by atoms with Crippen LogP contribution in [0.25, 0.3) is 11.3 Å². The van der Waals surface area contributed by atoms with Gasteiger partial charge >= 0.3 is 5.97 Å². The summed E-state index contributed by atoms with van der Waals surface area (Å²) in [6.07, 6.45) is 8.95. The van der Waals surface area contributed by atoms with Gasteiger partial charge in [0.1, 0.15) is 5.56 Å². The molecule has 0 saturated heterocycles. The Hall–Kier alpha value is -2.80. The zero-order chi connectivity index (χ0) is 24.9. The van der Waals surface area contributed by atoms with Gasteiger partial charge in [-0.2, -0.15) is 0 Å². The largest absolute Gasteiger partial charge is 0.493 e. The predicted molar refractivity (Wildman–Crippen MR) is 134 cm³/mol. The van der Waals surface area contributed by atoms with Crippen LogP contribution in [0.2, 0.25) is 0 Å². The molecule has 2 heterocycles. The number of benzene rings is 1. The minimum Gasteiger partial charge on any atom is -0.493 e. The molecule has 2 aromatic rings. The summed E-state index contributed by atoms with van der Waals surface area (Å²) in [4.78, 5) is 24.2. The number of pyridine rings is 1. The van der Waals surface area contributed by atoms with E-state index in [1.54, 1.807) is 7.11 Å². The third-order valence-electron chi connectivity index (χ3n) is 6.58. The SMILES string of the molecule is COc1cc2c(cc1OCCCCCCCCN)CC(C(C)(C)C)n1cc(C(=O)O)c(=O)cc1-2. The van der Waals surface area contributed by atoms with Gasteiger partial charge in [0, 0.05) is 23.9 Å². The van der Waals surface area contributed by atoms with Gasteiger partial charge in [-0.15, -0.1) is 0 Å². The molecule has 0 fully saturated rings. The number of hydrogen-bond acceptors (Lipinski definition) is 5. The van der Waals surface area contributed by atoms with E-state index in [4.69, 9.17) is 15.2 Å². The molecule has 3 N–H and O–H groups in total. The summed E-state index contributed by atoms with van der Waals surface area (Å²) in [5.74, 6) is 0.103. The minimum absolute atomic E-state index is 0.0107. The van der Waals surface area contributed by atoms with Gasteiger partial charge in [-0.05, 0) is 48.9 Å². The first-order valence-electron chi connectivity index (χ1n) is 12.2. The van der Waals surface area contributed by atoms with Gasteiger partial charge in [0.2, 0.25) is 0 Å². The van der Waals surface area contributed by atoms with E-state index in [2.05, 4.69) is 20.8 Å². The van der Waals surface area contributed by atoms with Crippen molar-refractivity contribution in [3.05, 3.63) is 45.7 Å². The van der Waals surface area contributed by atoms with E-state index in [-0.39, 0.29) is 17.0 Å². The molecule has 1 unspecified atom stereocenters. The molecular weight excluding hydrogens is 432 g/mol. The van der Waals surface area contributed by atoms with E-state index in [0.717, 1.165) is 36.9 Å². The van der Waals surface area contributed by atoms with Gasteiger partial charge in [-0.3, -0.25) is 4.79 Å². The van der Waals surface area contributed by atoms with Crippen molar-refractivity contribution in [2.75, 3.05) is 20.3 Å². The fourth-order valence-electron chi connectivity index (χ4n) is 4.63. The standard InChI is InChI=1S/C27H38N2O5/c1-27(2,3)25-14-18-13-24(34-12-10-8-6-5-7-9-11-28)23(33-4)15-19(18)21-16-22(30)20(26(31)32)17-29(21)25/h13,15-17,25H,5-12,14,28H2,1-4H3,(H,31,32). The van der Waals surface area contributed by atoms with Crippen molar-refractivity contribution in [3.63, 3.8) is 0 Å². The van der Waals surface area contributed by atoms with Crippen LogP contribution in [0.3, 0.4) is 0 Å². The molecule has 0 aliphatic carbocycles. The summed E-state index contributed by atoms with van der Waals surface area (Å²) in [6, 6.07) is 5.35. The van der Waals surface area contributed by atoms with Gasteiger partial charge in [0.05, 0.1) is 19.4 Å². The summed E-state index contributed by atoms with van der Waals surface area (Å²) in [7, 11) is 1.60. The van der Waals surface area contributed by atoms with E-state index in [9.17, 15) is 14.7 Å². The van der Waals surface area contributed by atoms with Gasteiger partial charge in [-0.25, -0.2) is 4.79 Å². The smallest absolute Gasteiger partial charge is 0.341 e. The molecule has 0 bridgehead atoms. The van der Waals surface area contributed by atoms with Crippen molar-refractivity contribution < 1.29 is 19.4 Å². The number of aromatic carboxylic acids is 1. The van der Waals surface area contributed by atoms with Crippen molar-refractivity contribution in [2.24, 2.45) is 11.1 Å². The maximum Gasteiger partial charge on any atom is 0.341 e. The lowest BCUT2D eigenvalue weighted by Crippen LogP contribution is -2.32. The number of carboxylic acid groups (broad SMARTS) is 1. The second-order valence-electron chi connectivity index (χ2n) is 10.2. The third kappa shape index (κ3) is 5.81. The molecule has 7 heteroatoms. The molecule has 0 saturated carbocycles. The maximum atomic E-state index is 12.5. The van der Waals surface area contributed by atoms with Crippen LogP contribution in [-0.4, -0.2) is 35.9 Å². The zero-order valence-corrected chi connectivity index (χ0v) is 20.9. The van der Waals surface area contributed by atoms with Crippen LogP contribution in [0.4, 0.5) is 0 Å². The van der Waals surface area contributed by atoms with E-state index in [1.165, 1.54) is 31.5 Å². The highest BCUT2D eigenvalue weighted by Gasteiger charge is 2.34. The molecule has 1 aromatic heterocycles. The van der Waals surface area contributed by atoms with Gasteiger partial charge in [0.25, 0.3) is 0 Å². The number of nitrogens with zero attached hydrogens (tertiary/aromatic N) is 1. The number of unbranched alkanes of at least 4 members (excludes halogenated alkanes) is 5. The van der Waals surface area contributed by atoms with Crippen LogP contribution in [0.15, 0.2) is 29.2 Å². The lowest BCUT2D eigenvalue weighted by molar-refractivity contribution is 0.0693. The van der Waals surface area contributed by atoms with Crippen molar-refractivity contribution in [2.45, 2.75) is 71.8 Å². The Kier molecular flexibility index (Phi) is 8.42. The average molecular weight is 471 g/mol. The summed E-state index contributed by atoms with van der Waals surface area (Å²) in [5, 5.41) is 9.49. The fraction of sp³-hybridized carbons (Fsp3) is 0.556. The number of carbonyl (C=O) groups is 1. The highest BCUT2D eigenvalue weighted by Crippen LogP contribution is 2.45. The molecule has 186 valence electrons. The van der Waals surface area contributed by atoms with Gasteiger partial charge < -0.3 is 24.9 Å². The zero-order valence-electron chi connectivity index (χ0n) is 20.9. The predicted octanol–water partition coefficient (Wildman–Crippen LogP) is 5.04. The summed E-state index contributed by atoms with van der Waals surface area (Å²) in [5.41, 5.74) is 7.34. The number of hydrogen-bond donors (Lipinski definition) is 2. The van der Waals surface area contributed by atoms with Crippen LogP contribution in [0.5, 0.6) is 11.5 Å². The lowest BCUT2D eigenvalue weighted by Gasteiger charge is -2.39. The Balaban J connectivity index is 1.88. The molecule has 7 nitrogen and oxygen atoms in total. The number of ether oxygens (including phenoxy) is 2. The van der Waals surface area contributed by atoms with E-state index >= 15 is 0 Å². The molecule has 3 rings (SSSR count). The van der Waals surface area contributed by atoms with E-state index in [0.29, 0.717) is 30.2 Å². The molecule has 1 aliphatic heterocycles. The van der Waals surface area contributed by atoms with Crippen LogP contribution < -0.4 is 20.6 Å². The number of rotatable bonds is 11. The minimum atomic E-state index is -1.21. The third-order valence-corrected chi connectivity index (χ3v) is 6.58. The van der Waals surface area contributed by atoms with Crippen LogP contribution >= 0.6 is 0 Å². The topological polar surface area (TPSA) is 104 Å². The number of nitrogens with two attached hydrogens (primary N) is 1. The molecule has 34 heavy (non-hydrogen) atoms. The van der Waals surface area contributed by atoms with Gasteiger partial charge in [0.15, 0.2) is 16.9 Å². The van der Waals surface area contributed by atoms with E-state index in [1.807, 2.05) is 16.7 Å². The summed E-state index contributed by atoms with van der Waals surface area (Å²) >= 11 is 0. The fourth-order valence-corrected chi connectivity index (χ4v) is 4.63. The molecule has 1 aromatic carbocycles. The summed E-state index contributed by atoms with van der Waals surface area (Å²) in [6.45, 7) is 7.75. The molecule has 1 aliphatic rings. The second kappa shape index (κ2) is 11.1. The second-order valence-corrected chi connectivity index (χ2v) is 10.2. The highest BCUT2D eigenvalue weighted by molar-refractivity contribution is 5.88. The Morgan fingerprint density at radius 3 is 2.38 bits per heavy atom. The first-order valence-corrected chi connectivity index (χ1v) is 12.2.